The molecule has 1 N–H and O–H groups in total. The number of aromatic nitrogens is 1. The van der Waals surface area contributed by atoms with Crippen LogP contribution in [-0.4, -0.2) is 37.8 Å². The summed E-state index contributed by atoms with van der Waals surface area (Å²) in [4.78, 5) is 18.4. The van der Waals surface area contributed by atoms with Crippen LogP contribution in [0.4, 0.5) is 0 Å². The summed E-state index contributed by atoms with van der Waals surface area (Å²) >= 11 is 1.61. The van der Waals surface area contributed by atoms with Gasteiger partial charge in [-0.2, -0.15) is 0 Å². The van der Waals surface area contributed by atoms with E-state index in [2.05, 4.69) is 36.3 Å². The number of methoxy groups -OCH3 is 1. The van der Waals surface area contributed by atoms with Crippen LogP contribution < -0.4 is 10.1 Å². The van der Waals surface area contributed by atoms with E-state index in [1.165, 1.54) is 5.56 Å². The third kappa shape index (κ3) is 4.33. The first-order valence-corrected chi connectivity index (χ1v) is 10.2. The second-order valence-electron chi connectivity index (χ2n) is 7.40. The van der Waals surface area contributed by atoms with Crippen LogP contribution >= 0.6 is 11.3 Å². The average Bonchev–Trinajstić information content (AvgIpc) is 3.09. The second kappa shape index (κ2) is 8.40. The Morgan fingerprint density at radius 3 is 2.56 bits per heavy atom. The lowest BCUT2D eigenvalue weighted by atomic mass is 9.74. The molecule has 0 aliphatic carbocycles. The Bertz CT molecular complexity index is 777. The largest absolute Gasteiger partial charge is 0.497 e. The summed E-state index contributed by atoms with van der Waals surface area (Å²) in [6.07, 6.45) is 1.76. The van der Waals surface area contributed by atoms with Crippen molar-refractivity contribution in [1.29, 1.82) is 0 Å². The number of rotatable bonds is 6. The van der Waals surface area contributed by atoms with Gasteiger partial charge in [-0.3, -0.25) is 4.79 Å². The second-order valence-corrected chi connectivity index (χ2v) is 8.64. The van der Waals surface area contributed by atoms with Crippen LogP contribution in [-0.2, 0) is 10.2 Å². The van der Waals surface area contributed by atoms with Crippen LogP contribution in [0.2, 0.25) is 0 Å². The van der Waals surface area contributed by atoms with Crippen molar-refractivity contribution < 1.29 is 14.3 Å². The Hall–Kier alpha value is -1.92. The molecule has 1 aromatic carbocycles. The van der Waals surface area contributed by atoms with Crippen molar-refractivity contribution in [2.45, 2.75) is 44.9 Å². The fourth-order valence-corrected chi connectivity index (χ4v) is 4.53. The number of nitrogens with one attached hydrogen (secondary N) is 1. The minimum Gasteiger partial charge on any atom is -0.497 e. The minimum absolute atomic E-state index is 0.0811. The number of amides is 1. The number of thiazole rings is 1. The molecular formula is C21H28N2O3S. The molecule has 0 radical (unpaired) electrons. The maximum absolute atomic E-state index is 12.9. The maximum Gasteiger partial charge on any atom is 0.271 e. The van der Waals surface area contributed by atoms with Crippen LogP contribution in [0, 0.1) is 6.92 Å². The molecule has 1 aromatic heterocycles. The molecule has 1 aliphatic heterocycles. The van der Waals surface area contributed by atoms with E-state index in [4.69, 9.17) is 9.47 Å². The predicted octanol–water partition coefficient (Wildman–Crippen LogP) is 4.06. The predicted molar refractivity (Wildman–Crippen MR) is 108 cm³/mol. The SMILES string of the molecule is COc1ccc(C2(CNC(=O)c3nc(C)sc3C(C)C)CCOCC2)cc1. The van der Waals surface area contributed by atoms with Gasteiger partial charge in [0, 0.05) is 30.1 Å². The Kier molecular flexibility index (Phi) is 6.17. The molecule has 27 heavy (non-hydrogen) atoms. The monoisotopic (exact) mass is 388 g/mol. The van der Waals surface area contributed by atoms with Crippen LogP contribution in [0.15, 0.2) is 24.3 Å². The van der Waals surface area contributed by atoms with Crippen molar-refractivity contribution in [3.05, 3.63) is 45.4 Å². The highest BCUT2D eigenvalue weighted by Crippen LogP contribution is 2.35. The van der Waals surface area contributed by atoms with Crippen molar-refractivity contribution in [2.75, 3.05) is 26.9 Å². The van der Waals surface area contributed by atoms with E-state index in [0.717, 1.165) is 28.5 Å². The summed E-state index contributed by atoms with van der Waals surface area (Å²) in [6, 6.07) is 8.16. The molecule has 0 unspecified atom stereocenters. The Balaban J connectivity index is 1.80. The zero-order chi connectivity index (χ0) is 19.4. The van der Waals surface area contributed by atoms with Crippen molar-refractivity contribution in [2.24, 2.45) is 0 Å². The molecule has 0 bridgehead atoms. The van der Waals surface area contributed by atoms with Gasteiger partial charge >= 0.3 is 0 Å². The van der Waals surface area contributed by atoms with E-state index in [-0.39, 0.29) is 17.2 Å². The van der Waals surface area contributed by atoms with Gasteiger partial charge in [-0.25, -0.2) is 4.98 Å². The smallest absolute Gasteiger partial charge is 0.271 e. The lowest BCUT2D eigenvalue weighted by molar-refractivity contribution is 0.0486. The van der Waals surface area contributed by atoms with Crippen molar-refractivity contribution >= 4 is 17.2 Å². The van der Waals surface area contributed by atoms with E-state index in [1.807, 2.05) is 19.1 Å². The first-order chi connectivity index (χ1) is 12.9. The van der Waals surface area contributed by atoms with Crippen molar-refractivity contribution in [3.63, 3.8) is 0 Å². The van der Waals surface area contributed by atoms with Gasteiger partial charge in [-0.1, -0.05) is 26.0 Å². The summed E-state index contributed by atoms with van der Waals surface area (Å²) in [5.41, 5.74) is 1.67. The summed E-state index contributed by atoms with van der Waals surface area (Å²) < 4.78 is 10.9. The highest BCUT2D eigenvalue weighted by molar-refractivity contribution is 7.12. The molecule has 1 aliphatic rings. The molecule has 146 valence electrons. The van der Waals surface area contributed by atoms with E-state index < -0.39 is 0 Å². The maximum atomic E-state index is 12.9. The van der Waals surface area contributed by atoms with Gasteiger partial charge in [-0.05, 0) is 43.4 Å². The van der Waals surface area contributed by atoms with E-state index in [9.17, 15) is 4.79 Å². The lowest BCUT2D eigenvalue weighted by Crippen LogP contribution is -2.44. The van der Waals surface area contributed by atoms with Gasteiger partial charge in [0.25, 0.3) is 5.91 Å². The summed E-state index contributed by atoms with van der Waals surface area (Å²) in [7, 11) is 1.67. The molecule has 6 heteroatoms. The van der Waals surface area contributed by atoms with Crippen LogP contribution in [0.25, 0.3) is 0 Å². The number of hydrogen-bond acceptors (Lipinski definition) is 5. The van der Waals surface area contributed by atoms with Gasteiger partial charge in [-0.15, -0.1) is 11.3 Å². The summed E-state index contributed by atoms with van der Waals surface area (Å²) in [6.45, 7) is 8.13. The minimum atomic E-state index is -0.122. The molecule has 0 atom stereocenters. The van der Waals surface area contributed by atoms with E-state index in [1.54, 1.807) is 18.4 Å². The summed E-state index contributed by atoms with van der Waals surface area (Å²) in [5.74, 6) is 1.04. The number of carbonyl (C=O) groups is 1. The number of hydrogen-bond donors (Lipinski definition) is 1. The van der Waals surface area contributed by atoms with Gasteiger partial charge in [0.15, 0.2) is 0 Å². The molecule has 0 spiro atoms. The third-order valence-electron chi connectivity index (χ3n) is 5.24. The lowest BCUT2D eigenvalue weighted by Gasteiger charge is -2.38. The number of carbonyl (C=O) groups excluding carboxylic acids is 1. The molecule has 0 saturated carbocycles. The van der Waals surface area contributed by atoms with Gasteiger partial charge in [0.2, 0.25) is 0 Å². The summed E-state index contributed by atoms with van der Waals surface area (Å²) in [5, 5.41) is 4.09. The van der Waals surface area contributed by atoms with Crippen molar-refractivity contribution in [1.82, 2.24) is 10.3 Å². The molecule has 5 nitrogen and oxygen atoms in total. The van der Waals surface area contributed by atoms with Crippen molar-refractivity contribution in [3.8, 4) is 5.75 Å². The standard InChI is InChI=1S/C21H28N2O3S/c1-14(2)19-18(23-15(3)27-19)20(24)22-13-21(9-11-26-12-10-21)16-5-7-17(25-4)8-6-16/h5-8,14H,9-13H2,1-4H3,(H,22,24). The number of benzene rings is 1. The molecule has 2 aromatic rings. The molecule has 2 heterocycles. The molecule has 1 amide bonds. The van der Waals surface area contributed by atoms with Crippen LogP contribution in [0.1, 0.15) is 58.5 Å². The quantitative estimate of drug-likeness (QED) is 0.811. The number of aryl methyl sites for hydroxylation is 1. The fraction of sp³-hybridized carbons (Fsp3) is 0.524. The van der Waals surface area contributed by atoms with Crippen LogP contribution in [0.5, 0.6) is 5.75 Å². The Labute approximate surface area is 165 Å². The first kappa shape index (κ1) is 19.8. The third-order valence-corrected chi connectivity index (χ3v) is 6.51. The highest BCUT2D eigenvalue weighted by atomic mass is 32.1. The molecule has 3 rings (SSSR count). The molecular weight excluding hydrogens is 360 g/mol. The number of ether oxygens (including phenoxy) is 2. The van der Waals surface area contributed by atoms with E-state index >= 15 is 0 Å². The first-order valence-electron chi connectivity index (χ1n) is 9.43. The van der Waals surface area contributed by atoms with Gasteiger partial charge in [0.1, 0.15) is 11.4 Å². The number of nitrogens with zero attached hydrogens (tertiary/aromatic N) is 1. The zero-order valence-corrected chi connectivity index (χ0v) is 17.3. The average molecular weight is 389 g/mol. The zero-order valence-electron chi connectivity index (χ0n) is 16.5. The Morgan fingerprint density at radius 2 is 1.96 bits per heavy atom. The highest BCUT2D eigenvalue weighted by Gasteiger charge is 2.35. The van der Waals surface area contributed by atoms with Gasteiger partial charge in [0.05, 0.1) is 12.1 Å². The molecule has 1 saturated heterocycles. The topological polar surface area (TPSA) is 60.5 Å². The van der Waals surface area contributed by atoms with Crippen LogP contribution in [0.3, 0.4) is 0 Å². The molecule has 1 fully saturated rings. The Morgan fingerprint density at radius 1 is 1.30 bits per heavy atom. The fourth-order valence-electron chi connectivity index (χ4n) is 3.60. The van der Waals surface area contributed by atoms with Gasteiger partial charge < -0.3 is 14.8 Å². The van der Waals surface area contributed by atoms with E-state index in [0.29, 0.717) is 25.5 Å². The normalized spacial score (nSPS) is 16.3.